The van der Waals surface area contributed by atoms with Crippen molar-refractivity contribution >= 4 is 17.5 Å². The smallest absolute Gasteiger partial charge is 0.262 e. The Morgan fingerprint density at radius 1 is 0.882 bits per heavy atom. The molecule has 0 unspecified atom stereocenters. The largest absolute Gasteiger partial charge is 0.502 e. The van der Waals surface area contributed by atoms with Gasteiger partial charge in [-0.3, -0.25) is 19.3 Å². The van der Waals surface area contributed by atoms with Crippen molar-refractivity contribution < 1.29 is 29.0 Å². The second kappa shape index (κ2) is 8.72. The number of nitrogens with zero attached hydrogens (tertiary/aromatic N) is 2. The summed E-state index contributed by atoms with van der Waals surface area (Å²) in [5, 5.41) is 12.0. The third-order valence-corrected chi connectivity index (χ3v) is 6.24. The Hall–Kier alpha value is -4.04. The van der Waals surface area contributed by atoms with Crippen LogP contribution in [0.25, 0.3) is 0 Å². The molecular weight excluding hydrogens is 436 g/mol. The Morgan fingerprint density at radius 3 is 2.06 bits per heavy atom. The van der Waals surface area contributed by atoms with Gasteiger partial charge >= 0.3 is 0 Å². The fourth-order valence-corrected chi connectivity index (χ4v) is 4.62. The average Bonchev–Trinajstić information content (AvgIpc) is 3.37. The van der Waals surface area contributed by atoms with Crippen LogP contribution in [0.5, 0.6) is 17.2 Å². The van der Waals surface area contributed by atoms with E-state index in [1.807, 2.05) is 60.7 Å². The standard InChI is InChI=1S/C26H24N2O6/c1-32-19-13-17(14-20(33-2)23(19)29)22-21-24(34-28(22)18-11-7-4-8-12-18)26(31)27(25(21)30)15-16-9-5-3-6-10-16/h3-14,21-22,24,29H,15H2,1-2H3/t21-,22-,24-/m1/s1. The number of hydrogen-bond acceptors (Lipinski definition) is 7. The first-order valence-electron chi connectivity index (χ1n) is 10.9. The predicted octanol–water partition coefficient (Wildman–Crippen LogP) is 3.46. The van der Waals surface area contributed by atoms with Crippen molar-refractivity contribution in [1.82, 2.24) is 4.90 Å². The van der Waals surface area contributed by atoms with Crippen molar-refractivity contribution in [2.24, 2.45) is 5.92 Å². The Bertz CT molecular complexity index is 1190. The normalized spacial score (nSPS) is 21.6. The highest BCUT2D eigenvalue weighted by atomic mass is 16.7. The van der Waals surface area contributed by atoms with Crippen molar-refractivity contribution in [2.75, 3.05) is 19.3 Å². The molecule has 8 heteroatoms. The number of anilines is 1. The van der Waals surface area contributed by atoms with E-state index in [-0.39, 0.29) is 35.6 Å². The van der Waals surface area contributed by atoms with E-state index < -0.39 is 18.1 Å². The van der Waals surface area contributed by atoms with E-state index in [0.717, 1.165) is 5.56 Å². The van der Waals surface area contributed by atoms with Gasteiger partial charge in [0.1, 0.15) is 5.92 Å². The molecule has 2 heterocycles. The Kier molecular flexibility index (Phi) is 5.59. The molecule has 1 N–H and O–H groups in total. The summed E-state index contributed by atoms with van der Waals surface area (Å²) < 4.78 is 10.7. The predicted molar refractivity (Wildman–Crippen MR) is 123 cm³/mol. The molecule has 0 aliphatic carbocycles. The number of aromatic hydroxyl groups is 1. The number of ether oxygens (including phenoxy) is 2. The molecule has 2 aliphatic heterocycles. The van der Waals surface area contributed by atoms with E-state index in [1.54, 1.807) is 17.2 Å². The fraction of sp³-hybridized carbons (Fsp3) is 0.231. The summed E-state index contributed by atoms with van der Waals surface area (Å²) in [5.41, 5.74) is 2.17. The van der Waals surface area contributed by atoms with Gasteiger partial charge in [0, 0.05) is 0 Å². The van der Waals surface area contributed by atoms with Crippen LogP contribution in [0.15, 0.2) is 72.8 Å². The number of amides is 2. The maximum Gasteiger partial charge on any atom is 0.262 e. The van der Waals surface area contributed by atoms with E-state index in [0.29, 0.717) is 11.3 Å². The summed E-state index contributed by atoms with van der Waals surface area (Å²) in [7, 11) is 2.88. The molecule has 174 valence electrons. The van der Waals surface area contributed by atoms with Gasteiger partial charge in [0.15, 0.2) is 17.6 Å². The summed E-state index contributed by atoms with van der Waals surface area (Å²) in [5.74, 6) is -1.22. The quantitative estimate of drug-likeness (QED) is 0.564. The molecule has 34 heavy (non-hydrogen) atoms. The van der Waals surface area contributed by atoms with Crippen LogP contribution < -0.4 is 14.5 Å². The molecule has 3 aromatic rings. The molecular formula is C26H24N2O6. The summed E-state index contributed by atoms with van der Waals surface area (Å²) in [4.78, 5) is 34.3. The molecule has 8 nitrogen and oxygen atoms in total. The molecule has 0 spiro atoms. The molecule has 0 aromatic heterocycles. The molecule has 2 saturated heterocycles. The van der Waals surface area contributed by atoms with Crippen LogP contribution in [0.3, 0.4) is 0 Å². The van der Waals surface area contributed by atoms with Crippen molar-refractivity contribution in [1.29, 1.82) is 0 Å². The molecule has 3 atom stereocenters. The van der Waals surface area contributed by atoms with Gasteiger partial charge < -0.3 is 14.6 Å². The lowest BCUT2D eigenvalue weighted by molar-refractivity contribution is -0.143. The van der Waals surface area contributed by atoms with Gasteiger partial charge in [-0.05, 0) is 35.4 Å². The van der Waals surface area contributed by atoms with Gasteiger partial charge in [0.05, 0.1) is 32.5 Å². The van der Waals surface area contributed by atoms with E-state index in [9.17, 15) is 14.7 Å². The number of phenols is 1. The molecule has 0 bridgehead atoms. The van der Waals surface area contributed by atoms with Crippen LogP contribution in [0, 0.1) is 5.92 Å². The molecule has 0 saturated carbocycles. The third-order valence-electron chi connectivity index (χ3n) is 6.24. The zero-order valence-corrected chi connectivity index (χ0v) is 18.8. The Balaban J connectivity index is 1.58. The van der Waals surface area contributed by atoms with Crippen molar-refractivity contribution in [3.05, 3.63) is 83.9 Å². The molecule has 2 amide bonds. The molecule has 5 rings (SSSR count). The number of methoxy groups -OCH3 is 2. The SMILES string of the molecule is COc1cc([C@@H]2[C@H]3C(=O)N(Cc4ccccc4)C(=O)[C@@H]3ON2c2ccccc2)cc(OC)c1O. The highest BCUT2D eigenvalue weighted by Gasteiger charge is 2.60. The number of imide groups is 1. The zero-order chi connectivity index (χ0) is 23.8. The van der Waals surface area contributed by atoms with Crippen LogP contribution in [-0.2, 0) is 21.0 Å². The summed E-state index contributed by atoms with van der Waals surface area (Å²) >= 11 is 0. The molecule has 3 aromatic carbocycles. The minimum atomic E-state index is -0.966. The Labute approximate surface area is 196 Å². The lowest BCUT2D eigenvalue weighted by Gasteiger charge is -2.29. The summed E-state index contributed by atoms with van der Waals surface area (Å²) in [6, 6.07) is 21.3. The first-order chi connectivity index (χ1) is 16.5. The number of carbonyl (C=O) groups excluding carboxylic acids is 2. The number of carbonyl (C=O) groups is 2. The van der Waals surface area contributed by atoms with Gasteiger partial charge in [0.2, 0.25) is 11.7 Å². The van der Waals surface area contributed by atoms with Gasteiger partial charge in [-0.2, -0.15) is 0 Å². The second-order valence-electron chi connectivity index (χ2n) is 8.18. The number of fused-ring (bicyclic) bond motifs is 1. The maximum atomic E-state index is 13.6. The number of hydroxylamine groups is 1. The van der Waals surface area contributed by atoms with E-state index >= 15 is 0 Å². The fourth-order valence-electron chi connectivity index (χ4n) is 4.62. The van der Waals surface area contributed by atoms with E-state index in [1.165, 1.54) is 19.1 Å². The minimum absolute atomic E-state index is 0.144. The highest BCUT2D eigenvalue weighted by molar-refractivity contribution is 6.07. The molecule has 2 fully saturated rings. The number of phenolic OH excluding ortho intramolecular Hbond substituents is 1. The van der Waals surface area contributed by atoms with Crippen molar-refractivity contribution in [3.63, 3.8) is 0 Å². The minimum Gasteiger partial charge on any atom is -0.502 e. The van der Waals surface area contributed by atoms with E-state index in [2.05, 4.69) is 0 Å². The maximum absolute atomic E-state index is 13.6. The summed E-state index contributed by atoms with van der Waals surface area (Å²) in [6.07, 6.45) is -0.966. The number of rotatable bonds is 6. The van der Waals surface area contributed by atoms with Crippen LogP contribution in [0.1, 0.15) is 17.2 Å². The van der Waals surface area contributed by atoms with Crippen molar-refractivity contribution in [2.45, 2.75) is 18.7 Å². The topological polar surface area (TPSA) is 88.5 Å². The van der Waals surface area contributed by atoms with Gasteiger partial charge in [-0.15, -0.1) is 0 Å². The average molecular weight is 460 g/mol. The van der Waals surface area contributed by atoms with Gasteiger partial charge in [-0.25, -0.2) is 5.06 Å². The number of likely N-dealkylation sites (tertiary alicyclic amines) is 1. The highest BCUT2D eigenvalue weighted by Crippen LogP contribution is 2.49. The van der Waals surface area contributed by atoms with Crippen molar-refractivity contribution in [3.8, 4) is 17.2 Å². The zero-order valence-electron chi connectivity index (χ0n) is 18.8. The van der Waals surface area contributed by atoms with Crippen LogP contribution in [-0.4, -0.2) is 42.1 Å². The number of benzene rings is 3. The monoisotopic (exact) mass is 460 g/mol. The lowest BCUT2D eigenvalue weighted by atomic mass is 9.90. The van der Waals surface area contributed by atoms with Gasteiger partial charge in [-0.1, -0.05) is 48.5 Å². The van der Waals surface area contributed by atoms with Crippen LogP contribution in [0.4, 0.5) is 5.69 Å². The number of para-hydroxylation sites is 1. The van der Waals surface area contributed by atoms with Gasteiger partial charge in [0.25, 0.3) is 5.91 Å². The third kappa shape index (κ3) is 3.52. The van der Waals surface area contributed by atoms with Crippen LogP contribution in [0.2, 0.25) is 0 Å². The van der Waals surface area contributed by atoms with Crippen LogP contribution >= 0.6 is 0 Å². The first kappa shape index (κ1) is 21.8. The number of hydrogen-bond donors (Lipinski definition) is 1. The molecule has 0 radical (unpaired) electrons. The second-order valence-corrected chi connectivity index (χ2v) is 8.18. The Morgan fingerprint density at radius 2 is 1.47 bits per heavy atom. The lowest BCUT2D eigenvalue weighted by Crippen LogP contribution is -2.37. The summed E-state index contributed by atoms with van der Waals surface area (Å²) in [6.45, 7) is 0.176. The molecule has 2 aliphatic rings. The first-order valence-corrected chi connectivity index (χ1v) is 10.9. The van der Waals surface area contributed by atoms with E-state index in [4.69, 9.17) is 14.3 Å².